The van der Waals surface area contributed by atoms with Gasteiger partial charge in [0.2, 0.25) is 0 Å². The molecule has 12 heavy (non-hydrogen) atoms. The van der Waals surface area contributed by atoms with E-state index in [-0.39, 0.29) is 10.3 Å². The maximum Gasteiger partial charge on any atom is 0.0471 e. The van der Waals surface area contributed by atoms with Gasteiger partial charge in [0.1, 0.15) is 0 Å². The first kappa shape index (κ1) is 12.3. The predicted octanol–water partition coefficient (Wildman–Crippen LogP) is 4.47. The molecule has 0 amide bonds. The van der Waals surface area contributed by atoms with Crippen LogP contribution < -0.4 is 0 Å². The van der Waals surface area contributed by atoms with Gasteiger partial charge in [0.15, 0.2) is 0 Å². The van der Waals surface area contributed by atoms with Crippen molar-refractivity contribution in [2.45, 2.75) is 59.3 Å². The van der Waals surface area contributed by atoms with Crippen LogP contribution in [-0.2, 0) is 0 Å². The van der Waals surface area contributed by atoms with Crippen molar-refractivity contribution < 1.29 is 0 Å². The molecule has 1 heteroatoms. The molecule has 0 aliphatic rings. The summed E-state index contributed by atoms with van der Waals surface area (Å²) in [6.07, 6.45) is 2.26. The highest BCUT2D eigenvalue weighted by atomic mass is 35.5. The molecular formula is C11H23Cl. The topological polar surface area (TPSA) is 0 Å². The number of rotatable bonds is 4. The zero-order valence-electron chi connectivity index (χ0n) is 9.37. The van der Waals surface area contributed by atoms with Crippen molar-refractivity contribution in [1.29, 1.82) is 0 Å². The lowest BCUT2D eigenvalue weighted by Gasteiger charge is -2.43. The van der Waals surface area contributed by atoms with Crippen LogP contribution >= 0.6 is 11.6 Å². The van der Waals surface area contributed by atoms with Gasteiger partial charge in [-0.05, 0) is 24.7 Å². The third-order valence-corrected chi connectivity index (χ3v) is 4.18. The minimum absolute atomic E-state index is 0.0596. The molecule has 0 aromatic carbocycles. The first-order valence-corrected chi connectivity index (χ1v) is 5.32. The lowest BCUT2D eigenvalue weighted by atomic mass is 9.69. The van der Waals surface area contributed by atoms with Gasteiger partial charge >= 0.3 is 0 Å². The summed E-state index contributed by atoms with van der Waals surface area (Å²) in [6, 6.07) is 0. The largest absolute Gasteiger partial charge is 0.119 e. The van der Waals surface area contributed by atoms with Gasteiger partial charge in [-0.1, -0.05) is 41.0 Å². The zero-order valence-corrected chi connectivity index (χ0v) is 10.1. The Morgan fingerprint density at radius 1 is 1.17 bits per heavy atom. The first-order chi connectivity index (χ1) is 5.25. The fourth-order valence-corrected chi connectivity index (χ4v) is 1.80. The Morgan fingerprint density at radius 2 is 1.58 bits per heavy atom. The highest BCUT2D eigenvalue weighted by Gasteiger charge is 2.40. The summed E-state index contributed by atoms with van der Waals surface area (Å²) in [7, 11) is 0. The molecule has 1 unspecified atom stereocenters. The van der Waals surface area contributed by atoms with E-state index in [9.17, 15) is 0 Å². The van der Waals surface area contributed by atoms with Crippen molar-refractivity contribution >= 4 is 11.6 Å². The highest BCUT2D eigenvalue weighted by Crippen LogP contribution is 2.45. The third kappa shape index (κ3) is 2.39. The average Bonchev–Trinajstić information content (AvgIpc) is 1.86. The summed E-state index contributed by atoms with van der Waals surface area (Å²) in [6.45, 7) is 13.4. The number of alkyl halides is 1. The van der Waals surface area contributed by atoms with Gasteiger partial charge in [-0.25, -0.2) is 0 Å². The van der Waals surface area contributed by atoms with Crippen LogP contribution in [0.4, 0.5) is 0 Å². The van der Waals surface area contributed by atoms with Crippen molar-refractivity contribution in [2.24, 2.45) is 11.3 Å². The van der Waals surface area contributed by atoms with Crippen molar-refractivity contribution in [3.8, 4) is 0 Å². The van der Waals surface area contributed by atoms with E-state index >= 15 is 0 Å². The van der Waals surface area contributed by atoms with Crippen LogP contribution in [0.1, 0.15) is 54.4 Å². The summed E-state index contributed by atoms with van der Waals surface area (Å²) in [5, 5.41) is 0. The van der Waals surface area contributed by atoms with E-state index in [4.69, 9.17) is 11.6 Å². The van der Waals surface area contributed by atoms with Crippen LogP contribution in [0.15, 0.2) is 0 Å². The van der Waals surface area contributed by atoms with Gasteiger partial charge in [0, 0.05) is 4.87 Å². The SMILES string of the molecule is CCCC(C)(Cl)C(C)(C)C(C)C. The number of hydrogen-bond donors (Lipinski definition) is 0. The second-order valence-electron chi connectivity index (χ2n) is 4.82. The average molecular weight is 191 g/mol. The Bertz CT molecular complexity index is 134. The van der Waals surface area contributed by atoms with Gasteiger partial charge in [-0.15, -0.1) is 11.6 Å². The lowest BCUT2D eigenvalue weighted by molar-refractivity contribution is 0.165. The molecule has 0 rings (SSSR count). The maximum atomic E-state index is 6.52. The second kappa shape index (κ2) is 4.00. The van der Waals surface area contributed by atoms with E-state index in [2.05, 4.69) is 41.5 Å². The fourth-order valence-electron chi connectivity index (χ4n) is 1.39. The number of hydrogen-bond acceptors (Lipinski definition) is 0. The molecule has 0 aromatic heterocycles. The Morgan fingerprint density at radius 3 is 1.83 bits per heavy atom. The molecule has 0 saturated carbocycles. The smallest absolute Gasteiger partial charge is 0.0471 e. The predicted molar refractivity (Wildman–Crippen MR) is 57.8 cm³/mol. The molecule has 0 nitrogen and oxygen atoms in total. The Labute approximate surface area is 82.7 Å². The van der Waals surface area contributed by atoms with E-state index in [0.29, 0.717) is 5.92 Å². The first-order valence-electron chi connectivity index (χ1n) is 4.94. The third-order valence-electron chi connectivity index (χ3n) is 3.51. The van der Waals surface area contributed by atoms with E-state index < -0.39 is 0 Å². The summed E-state index contributed by atoms with van der Waals surface area (Å²) >= 11 is 6.52. The molecule has 0 bridgehead atoms. The molecule has 0 saturated heterocycles. The molecule has 0 aliphatic heterocycles. The Balaban J connectivity index is 4.50. The molecule has 0 aliphatic carbocycles. The highest BCUT2D eigenvalue weighted by molar-refractivity contribution is 6.24. The molecule has 0 spiro atoms. The number of halogens is 1. The van der Waals surface area contributed by atoms with Crippen LogP contribution in [0.5, 0.6) is 0 Å². The van der Waals surface area contributed by atoms with Gasteiger partial charge in [-0.2, -0.15) is 0 Å². The van der Waals surface area contributed by atoms with Crippen molar-refractivity contribution in [1.82, 2.24) is 0 Å². The van der Waals surface area contributed by atoms with E-state index in [1.165, 1.54) is 0 Å². The van der Waals surface area contributed by atoms with Crippen molar-refractivity contribution in [2.75, 3.05) is 0 Å². The van der Waals surface area contributed by atoms with Crippen molar-refractivity contribution in [3.05, 3.63) is 0 Å². The normalized spacial score (nSPS) is 18.0. The molecule has 0 radical (unpaired) electrons. The molecule has 0 heterocycles. The second-order valence-corrected chi connectivity index (χ2v) is 5.66. The van der Waals surface area contributed by atoms with E-state index in [1.54, 1.807) is 0 Å². The van der Waals surface area contributed by atoms with E-state index in [0.717, 1.165) is 12.8 Å². The maximum absolute atomic E-state index is 6.52. The molecule has 74 valence electrons. The summed E-state index contributed by atoms with van der Waals surface area (Å²) in [5.41, 5.74) is 0.213. The van der Waals surface area contributed by atoms with Crippen molar-refractivity contribution in [3.63, 3.8) is 0 Å². The van der Waals surface area contributed by atoms with Gasteiger partial charge in [-0.3, -0.25) is 0 Å². The van der Waals surface area contributed by atoms with Gasteiger partial charge < -0.3 is 0 Å². The molecule has 0 aromatic rings. The Kier molecular flexibility index (Phi) is 4.10. The zero-order chi connectivity index (χ0) is 9.99. The van der Waals surface area contributed by atoms with Crippen LogP contribution in [0.3, 0.4) is 0 Å². The summed E-state index contributed by atoms with van der Waals surface area (Å²) < 4.78 is 0. The monoisotopic (exact) mass is 190 g/mol. The van der Waals surface area contributed by atoms with Crippen LogP contribution in [0.25, 0.3) is 0 Å². The van der Waals surface area contributed by atoms with Gasteiger partial charge in [0.25, 0.3) is 0 Å². The summed E-state index contributed by atoms with van der Waals surface area (Å²) in [5.74, 6) is 0.631. The van der Waals surface area contributed by atoms with Crippen LogP contribution in [-0.4, -0.2) is 4.87 Å². The molecule has 0 fully saturated rings. The quantitative estimate of drug-likeness (QED) is 0.574. The minimum atomic E-state index is -0.0596. The molecule has 0 N–H and O–H groups in total. The Hall–Kier alpha value is 0.290. The minimum Gasteiger partial charge on any atom is -0.119 e. The van der Waals surface area contributed by atoms with Gasteiger partial charge in [0.05, 0.1) is 0 Å². The fraction of sp³-hybridized carbons (Fsp3) is 1.00. The van der Waals surface area contributed by atoms with E-state index in [1.807, 2.05) is 0 Å². The standard InChI is InChI=1S/C11H23Cl/c1-7-8-11(6,12)10(4,5)9(2)3/h9H,7-8H2,1-6H3. The summed E-state index contributed by atoms with van der Waals surface area (Å²) in [4.78, 5) is -0.0596. The molecular weight excluding hydrogens is 168 g/mol. The lowest BCUT2D eigenvalue weighted by Crippen LogP contribution is -2.40. The van der Waals surface area contributed by atoms with Crippen LogP contribution in [0.2, 0.25) is 0 Å². The van der Waals surface area contributed by atoms with Crippen LogP contribution in [0, 0.1) is 11.3 Å². The molecule has 1 atom stereocenters.